The molecule has 0 aliphatic heterocycles. The van der Waals surface area contributed by atoms with Gasteiger partial charge >= 0.3 is 55.3 Å². The molecule has 3 N–H and O–H groups in total. The zero-order valence-electron chi connectivity index (χ0n) is 2.90. The van der Waals surface area contributed by atoms with Crippen molar-refractivity contribution < 1.29 is 19.2 Å². The molecule has 42 valence electrons. The molecule has 1 atom stereocenters. The van der Waals surface area contributed by atoms with Crippen molar-refractivity contribution in [3.63, 3.8) is 0 Å². The fourth-order valence-corrected chi connectivity index (χ4v) is 0. The predicted octanol–water partition coefficient (Wildman–Crippen LogP) is -2.76. The quantitative estimate of drug-likeness (QED) is 0.292. The Bertz CT molecular complexity index is 57.8. The fraction of sp³-hybridized carbons (Fsp3) is 0. The first kappa shape index (κ1) is 15.9. The van der Waals surface area contributed by atoms with Crippen molar-refractivity contribution in [1.29, 1.82) is 0 Å². The van der Waals surface area contributed by atoms with Gasteiger partial charge in [0.15, 0.2) is 0 Å². The number of hydrogen-bond donors (Lipinski definition) is 3. The molecule has 0 radical (unpaired) electrons. The number of rotatable bonds is 0. The zero-order chi connectivity index (χ0) is 4.50. The Morgan fingerprint density at radius 2 is 1.14 bits per heavy atom. The monoisotopic (exact) mass is 200 g/mol. The normalized spacial score (nSPS) is 8.43. The fourth-order valence-electron chi connectivity index (χ4n) is 0. The topological polar surface area (TPSA) is 77.8 Å². The van der Waals surface area contributed by atoms with Crippen LogP contribution >= 0.6 is 7.82 Å². The molecule has 0 saturated heterocycles. The van der Waals surface area contributed by atoms with Crippen LogP contribution < -0.4 is 0 Å². The third-order valence-corrected chi connectivity index (χ3v) is 0. The van der Waals surface area contributed by atoms with Crippen LogP contribution in [-0.2, 0) is 4.57 Å². The van der Waals surface area contributed by atoms with E-state index < -0.39 is 7.82 Å². The summed E-state index contributed by atoms with van der Waals surface area (Å²) in [5.41, 5.74) is 0. The van der Waals surface area contributed by atoms with Gasteiger partial charge in [0.05, 0.1) is 0 Å². The summed E-state index contributed by atoms with van der Waals surface area (Å²) < 4.78 is 8.88. The third kappa shape index (κ3) is 88.5. The van der Waals surface area contributed by atoms with E-state index in [1.807, 2.05) is 0 Å². The number of hydrogen-bond acceptors (Lipinski definition) is 1. The first-order valence-electron chi connectivity index (χ1n) is 0.783. The molecule has 7 heavy (non-hydrogen) atoms. The zero-order valence-corrected chi connectivity index (χ0v) is 6.77. The van der Waals surface area contributed by atoms with Crippen molar-refractivity contribution in [2.45, 2.75) is 0 Å². The Balaban J connectivity index is -0.0000000800. The van der Waals surface area contributed by atoms with E-state index in [2.05, 4.69) is 0 Å². The van der Waals surface area contributed by atoms with Crippen molar-refractivity contribution in [2.24, 2.45) is 0 Å². The van der Waals surface area contributed by atoms with Gasteiger partial charge in [-0.3, -0.25) is 0 Å². The summed E-state index contributed by atoms with van der Waals surface area (Å²) in [7, 11) is -4.64. The van der Waals surface area contributed by atoms with E-state index in [0.717, 1.165) is 0 Å². The second kappa shape index (κ2) is 5.80. The maximum absolute atomic E-state index is 8.88. The summed E-state index contributed by atoms with van der Waals surface area (Å²) in [6.45, 7) is 0. The van der Waals surface area contributed by atoms with Crippen LogP contribution in [0.3, 0.4) is 0 Å². The van der Waals surface area contributed by atoms with E-state index in [1.165, 1.54) is 0 Å². The molecule has 0 saturated carbocycles. The Morgan fingerprint density at radius 3 is 1.14 bits per heavy atom. The van der Waals surface area contributed by atoms with Gasteiger partial charge in [-0.05, 0) is 0 Å². The average molecular weight is 200 g/mol. The average Bonchev–Trinajstić information content (AvgIpc) is 0.722. The van der Waals surface area contributed by atoms with Gasteiger partial charge in [0.2, 0.25) is 0 Å². The summed E-state index contributed by atoms with van der Waals surface area (Å²) >= 11 is 0. The van der Waals surface area contributed by atoms with Gasteiger partial charge in [-0.2, -0.15) is 0 Å². The maximum atomic E-state index is 8.88. The summed E-state index contributed by atoms with van der Waals surface area (Å²) in [5, 5.41) is 0. The summed E-state index contributed by atoms with van der Waals surface area (Å²) in [5.74, 6) is 0. The van der Waals surface area contributed by atoms with E-state index in [1.54, 1.807) is 0 Å². The molecule has 1 unspecified atom stereocenters. The van der Waals surface area contributed by atoms with Gasteiger partial charge in [0.25, 0.3) is 0 Å². The Labute approximate surface area is 74.2 Å². The first-order valence-corrected chi connectivity index (χ1v) is 2.35. The van der Waals surface area contributed by atoms with Crippen LogP contribution in [0.15, 0.2) is 0 Å². The molecule has 0 spiro atoms. The van der Waals surface area contributed by atoms with E-state index in [9.17, 15) is 0 Å². The molecule has 0 heterocycles. The first-order chi connectivity index (χ1) is 2.00. The minimum atomic E-state index is -4.64. The van der Waals surface area contributed by atoms with Gasteiger partial charge in [0, 0.05) is 0 Å². The second-order valence-corrected chi connectivity index (χ2v) is 1.54. The van der Waals surface area contributed by atoms with E-state index in [4.69, 9.17) is 19.2 Å². The Kier molecular flexibility index (Phi) is 13.1. The van der Waals surface area contributed by atoms with Crippen LogP contribution in [0.2, 0.25) is 0 Å². The number of phosphoric acid groups is 1. The molecule has 0 aliphatic rings. The summed E-state index contributed by atoms with van der Waals surface area (Å²) in [4.78, 5) is 21.6. The van der Waals surface area contributed by atoms with Crippen LogP contribution in [-0.4, -0.2) is 62.2 Å². The molecule has 0 aromatic rings. The van der Waals surface area contributed by atoms with E-state index in [-0.39, 0.29) is 47.5 Å². The van der Waals surface area contributed by atoms with Crippen molar-refractivity contribution in [1.82, 2.24) is 0 Å². The SMILES string of the molecule is O=P(O)(O)O.[AsH3].[NaH]. The molecule has 0 aliphatic carbocycles. The molecule has 0 aromatic heterocycles. The van der Waals surface area contributed by atoms with Crippen LogP contribution in [0.1, 0.15) is 0 Å². The molecular weight excluding hydrogens is 193 g/mol. The van der Waals surface area contributed by atoms with Crippen molar-refractivity contribution in [2.75, 3.05) is 0 Å². The second-order valence-electron chi connectivity index (χ2n) is 0.513. The molecule has 0 aromatic carbocycles. The summed E-state index contributed by atoms with van der Waals surface area (Å²) in [6, 6.07) is 0. The molecule has 4 nitrogen and oxygen atoms in total. The molecule has 0 fully saturated rings. The predicted molar refractivity (Wildman–Crippen MR) is 31.4 cm³/mol. The molecular formula is H7AsNaO4P. The summed E-state index contributed by atoms with van der Waals surface area (Å²) in [6.07, 6.45) is 0. The van der Waals surface area contributed by atoms with Crippen LogP contribution in [0.4, 0.5) is 0 Å². The van der Waals surface area contributed by atoms with Crippen molar-refractivity contribution in [3.8, 4) is 0 Å². The molecule has 0 bridgehead atoms. The third-order valence-electron chi connectivity index (χ3n) is 0. The van der Waals surface area contributed by atoms with E-state index >= 15 is 0 Å². The van der Waals surface area contributed by atoms with E-state index in [0.29, 0.717) is 0 Å². The van der Waals surface area contributed by atoms with Crippen molar-refractivity contribution in [3.05, 3.63) is 0 Å². The van der Waals surface area contributed by atoms with Gasteiger partial charge in [-0.15, -0.1) is 0 Å². The minimum absolute atomic E-state index is 0. The van der Waals surface area contributed by atoms with Gasteiger partial charge in [0.1, 0.15) is 0 Å². The van der Waals surface area contributed by atoms with Crippen molar-refractivity contribution >= 4 is 55.3 Å². The van der Waals surface area contributed by atoms with Crippen LogP contribution in [0.25, 0.3) is 0 Å². The molecule has 0 amide bonds. The van der Waals surface area contributed by atoms with Gasteiger partial charge in [-0.1, -0.05) is 0 Å². The Hall–Kier alpha value is 1.67. The van der Waals surface area contributed by atoms with Gasteiger partial charge in [-0.25, -0.2) is 4.57 Å². The molecule has 7 heteroatoms. The van der Waals surface area contributed by atoms with Crippen LogP contribution in [0.5, 0.6) is 0 Å². The van der Waals surface area contributed by atoms with Gasteiger partial charge < -0.3 is 14.7 Å². The standard InChI is InChI=1S/AsH3.Na.H3O4P.H/c;;1-5(2,3)4;/h1H3;;(H3,1,2,3,4);. The Morgan fingerprint density at radius 1 is 1.14 bits per heavy atom. The molecule has 0 rings (SSSR count). The van der Waals surface area contributed by atoms with Crippen LogP contribution in [0, 0.1) is 0 Å².